The van der Waals surface area contributed by atoms with Gasteiger partial charge in [0, 0.05) is 5.69 Å². The highest BCUT2D eigenvalue weighted by atomic mass is 79.9. The van der Waals surface area contributed by atoms with Gasteiger partial charge in [0.05, 0.1) is 5.41 Å². The van der Waals surface area contributed by atoms with Crippen molar-refractivity contribution in [1.29, 1.82) is 0 Å². The molecule has 2 heterocycles. The minimum absolute atomic E-state index is 0.0107. The number of carbonyl (C=O) groups excluding carboxylic acids is 1. The summed E-state index contributed by atoms with van der Waals surface area (Å²) in [6.07, 6.45) is 0. The predicted octanol–water partition coefficient (Wildman–Crippen LogP) is 4.60. The van der Waals surface area contributed by atoms with Gasteiger partial charge < -0.3 is 9.73 Å². The molecule has 5 heteroatoms. The molecule has 0 radical (unpaired) electrons. The number of halogens is 2. The van der Waals surface area contributed by atoms with Crippen LogP contribution in [0, 0.1) is 0 Å². The first-order valence-corrected chi connectivity index (χ1v) is 7.48. The second kappa shape index (κ2) is 4.64. The minimum atomic E-state index is -0.536. The van der Waals surface area contributed by atoms with Crippen LogP contribution in [0.2, 0.25) is 0 Å². The topological polar surface area (TPSA) is 42.2 Å². The molecule has 0 spiro atoms. The summed E-state index contributed by atoms with van der Waals surface area (Å²) in [5.41, 5.74) is 2.20. The molecular formula is C15H13BrClNO2. The Hall–Kier alpha value is -1.26. The van der Waals surface area contributed by atoms with Gasteiger partial charge in [0.15, 0.2) is 4.67 Å². The third kappa shape index (κ3) is 2.07. The van der Waals surface area contributed by atoms with E-state index in [0.29, 0.717) is 10.4 Å². The van der Waals surface area contributed by atoms with Gasteiger partial charge in [-0.3, -0.25) is 4.79 Å². The number of hydrogen-bond donors (Lipinski definition) is 1. The molecule has 1 atom stereocenters. The SMILES string of the molecule is CC1(C)C(=O)Nc2ccc(C(Cl)c3ccc(Br)o3)cc21. The molecule has 0 saturated heterocycles. The second-order valence-electron chi connectivity index (χ2n) is 5.39. The van der Waals surface area contributed by atoms with E-state index < -0.39 is 5.41 Å². The number of furan rings is 1. The molecule has 0 bridgehead atoms. The van der Waals surface area contributed by atoms with Crippen molar-refractivity contribution in [1.82, 2.24) is 0 Å². The average molecular weight is 355 g/mol. The van der Waals surface area contributed by atoms with E-state index in [-0.39, 0.29) is 11.3 Å². The number of anilines is 1. The van der Waals surface area contributed by atoms with Crippen LogP contribution >= 0.6 is 27.5 Å². The number of alkyl halides is 1. The Morgan fingerprint density at radius 2 is 2.05 bits per heavy atom. The van der Waals surface area contributed by atoms with Crippen LogP contribution in [0.1, 0.15) is 36.1 Å². The smallest absolute Gasteiger partial charge is 0.234 e. The molecule has 1 aromatic heterocycles. The van der Waals surface area contributed by atoms with E-state index >= 15 is 0 Å². The second-order valence-corrected chi connectivity index (χ2v) is 6.61. The fourth-order valence-corrected chi connectivity index (χ4v) is 2.95. The van der Waals surface area contributed by atoms with Gasteiger partial charge in [0.1, 0.15) is 11.1 Å². The number of rotatable bonds is 2. The molecule has 1 aliphatic rings. The van der Waals surface area contributed by atoms with Crippen LogP contribution in [0.5, 0.6) is 0 Å². The van der Waals surface area contributed by atoms with E-state index in [2.05, 4.69) is 21.2 Å². The first-order valence-electron chi connectivity index (χ1n) is 6.25. The number of hydrogen-bond acceptors (Lipinski definition) is 2. The van der Waals surface area contributed by atoms with Crippen molar-refractivity contribution in [2.75, 3.05) is 5.32 Å². The summed E-state index contributed by atoms with van der Waals surface area (Å²) in [7, 11) is 0. The first-order chi connectivity index (χ1) is 9.39. The Labute approximate surface area is 130 Å². The van der Waals surface area contributed by atoms with Gasteiger partial charge >= 0.3 is 0 Å². The zero-order chi connectivity index (χ0) is 14.5. The van der Waals surface area contributed by atoms with Gasteiger partial charge in [0.25, 0.3) is 0 Å². The maximum Gasteiger partial charge on any atom is 0.234 e. The average Bonchev–Trinajstić information content (AvgIpc) is 2.92. The normalized spacial score (nSPS) is 17.7. The van der Waals surface area contributed by atoms with Crippen LogP contribution in [0.4, 0.5) is 5.69 Å². The summed E-state index contributed by atoms with van der Waals surface area (Å²) >= 11 is 9.72. The van der Waals surface area contributed by atoms with Crippen LogP contribution in [0.25, 0.3) is 0 Å². The van der Waals surface area contributed by atoms with Crippen molar-refractivity contribution in [3.63, 3.8) is 0 Å². The lowest BCUT2D eigenvalue weighted by Gasteiger charge is -2.16. The summed E-state index contributed by atoms with van der Waals surface area (Å²) in [5.74, 6) is 0.685. The molecule has 1 amide bonds. The number of carbonyl (C=O) groups is 1. The Balaban J connectivity index is 2.02. The molecule has 0 fully saturated rings. The highest BCUT2D eigenvalue weighted by Gasteiger charge is 2.38. The van der Waals surface area contributed by atoms with Crippen molar-refractivity contribution in [3.05, 3.63) is 51.9 Å². The van der Waals surface area contributed by atoms with E-state index in [1.165, 1.54) is 0 Å². The third-order valence-corrected chi connectivity index (χ3v) is 4.56. The molecular weight excluding hydrogens is 342 g/mol. The predicted molar refractivity (Wildman–Crippen MR) is 82.2 cm³/mol. The van der Waals surface area contributed by atoms with Gasteiger partial charge in [-0.15, -0.1) is 11.6 Å². The van der Waals surface area contributed by atoms with Crippen LogP contribution in [0.3, 0.4) is 0 Å². The monoisotopic (exact) mass is 353 g/mol. The maximum atomic E-state index is 11.9. The summed E-state index contributed by atoms with van der Waals surface area (Å²) in [6, 6.07) is 9.43. The van der Waals surface area contributed by atoms with Gasteiger partial charge in [-0.05, 0) is 59.1 Å². The van der Waals surface area contributed by atoms with Gasteiger partial charge in [-0.25, -0.2) is 0 Å². The fraction of sp³-hybridized carbons (Fsp3) is 0.267. The van der Waals surface area contributed by atoms with E-state index in [0.717, 1.165) is 16.8 Å². The quantitative estimate of drug-likeness (QED) is 0.801. The van der Waals surface area contributed by atoms with Crippen molar-refractivity contribution >= 4 is 39.1 Å². The molecule has 0 aliphatic carbocycles. The largest absolute Gasteiger partial charge is 0.452 e. The highest BCUT2D eigenvalue weighted by Crippen LogP contribution is 2.40. The Kier molecular flexibility index (Phi) is 3.18. The third-order valence-electron chi connectivity index (χ3n) is 3.67. The zero-order valence-electron chi connectivity index (χ0n) is 11.0. The summed E-state index contributed by atoms with van der Waals surface area (Å²) in [6.45, 7) is 3.81. The van der Waals surface area contributed by atoms with E-state index in [1.54, 1.807) is 0 Å². The molecule has 1 N–H and O–H groups in total. The van der Waals surface area contributed by atoms with Crippen LogP contribution in [-0.4, -0.2) is 5.91 Å². The lowest BCUT2D eigenvalue weighted by atomic mass is 9.85. The lowest BCUT2D eigenvalue weighted by molar-refractivity contribution is -0.119. The van der Waals surface area contributed by atoms with Gasteiger partial charge in [-0.1, -0.05) is 12.1 Å². The zero-order valence-corrected chi connectivity index (χ0v) is 13.4. The molecule has 104 valence electrons. The maximum absolute atomic E-state index is 11.9. The molecule has 3 nitrogen and oxygen atoms in total. The molecule has 1 aromatic carbocycles. The molecule has 1 aliphatic heterocycles. The van der Waals surface area contributed by atoms with E-state index in [1.807, 2.05) is 44.2 Å². The molecule has 3 rings (SSSR count). The molecule has 2 aromatic rings. The highest BCUT2D eigenvalue weighted by molar-refractivity contribution is 9.10. The summed E-state index contributed by atoms with van der Waals surface area (Å²) in [5, 5.41) is 2.51. The molecule has 0 saturated carbocycles. The molecule has 20 heavy (non-hydrogen) atoms. The van der Waals surface area contributed by atoms with E-state index in [9.17, 15) is 4.79 Å². The fourth-order valence-electron chi connectivity index (χ4n) is 2.38. The number of benzene rings is 1. The Morgan fingerprint density at radius 3 is 2.70 bits per heavy atom. The number of amides is 1. The van der Waals surface area contributed by atoms with Gasteiger partial charge in [-0.2, -0.15) is 0 Å². The Morgan fingerprint density at radius 1 is 1.30 bits per heavy atom. The standard InChI is InChI=1S/C15H13BrClNO2/c1-15(2)9-7-8(3-4-10(9)18-14(15)19)13(17)11-5-6-12(16)20-11/h3-7,13H,1-2H3,(H,18,19). The van der Waals surface area contributed by atoms with Crippen LogP contribution < -0.4 is 5.32 Å². The lowest BCUT2D eigenvalue weighted by Crippen LogP contribution is -2.26. The van der Waals surface area contributed by atoms with Gasteiger partial charge in [0.2, 0.25) is 5.91 Å². The minimum Gasteiger partial charge on any atom is -0.452 e. The summed E-state index contributed by atoms with van der Waals surface area (Å²) in [4.78, 5) is 11.9. The number of fused-ring (bicyclic) bond motifs is 1. The van der Waals surface area contributed by atoms with Crippen molar-refractivity contribution < 1.29 is 9.21 Å². The van der Waals surface area contributed by atoms with Crippen LogP contribution in [-0.2, 0) is 10.2 Å². The Bertz CT molecular complexity index is 693. The first kappa shape index (κ1) is 13.7. The van der Waals surface area contributed by atoms with E-state index in [4.69, 9.17) is 16.0 Å². The van der Waals surface area contributed by atoms with Crippen LogP contribution in [0.15, 0.2) is 39.4 Å². The van der Waals surface area contributed by atoms with Crippen molar-refractivity contribution in [2.45, 2.75) is 24.6 Å². The number of nitrogens with one attached hydrogen (secondary N) is 1. The van der Waals surface area contributed by atoms with Crippen molar-refractivity contribution in [2.24, 2.45) is 0 Å². The summed E-state index contributed by atoms with van der Waals surface area (Å²) < 4.78 is 6.14. The van der Waals surface area contributed by atoms with Crippen molar-refractivity contribution in [3.8, 4) is 0 Å². The molecule has 1 unspecified atom stereocenters.